The lowest BCUT2D eigenvalue weighted by molar-refractivity contribution is -0.113. The van der Waals surface area contributed by atoms with E-state index in [1.807, 2.05) is 6.92 Å². The molecule has 3 rings (SSSR count). The van der Waals surface area contributed by atoms with Crippen molar-refractivity contribution in [2.24, 2.45) is 0 Å². The van der Waals surface area contributed by atoms with E-state index >= 15 is 0 Å². The number of fused-ring (bicyclic) bond motifs is 1. The standard InChI is InChI=1S/C18H15F2N3OS/c1-10-12-3-2-4-15(12)23-18(13(10)8-21)25-9-17(24)22-16-6-5-11(19)7-14(16)20/h5-7H,2-4,9H2,1H3,(H,22,24). The molecule has 4 nitrogen and oxygen atoms in total. The molecule has 0 radical (unpaired) electrons. The fourth-order valence-electron chi connectivity index (χ4n) is 2.89. The van der Waals surface area contributed by atoms with Crippen LogP contribution in [-0.2, 0) is 17.6 Å². The van der Waals surface area contributed by atoms with Crippen molar-refractivity contribution < 1.29 is 13.6 Å². The molecule has 1 heterocycles. The van der Waals surface area contributed by atoms with Gasteiger partial charge >= 0.3 is 0 Å². The molecule has 1 aliphatic rings. The van der Waals surface area contributed by atoms with Crippen molar-refractivity contribution in [3.8, 4) is 6.07 Å². The van der Waals surface area contributed by atoms with Crippen LogP contribution in [0.1, 0.15) is 28.8 Å². The Hall–Kier alpha value is -2.46. The lowest BCUT2D eigenvalue weighted by Gasteiger charge is -2.11. The molecular formula is C18H15F2N3OS. The molecule has 0 bridgehead atoms. The number of aryl methyl sites for hydroxylation is 1. The minimum absolute atomic E-state index is 0.0171. The van der Waals surface area contributed by atoms with Gasteiger partial charge in [0.1, 0.15) is 22.7 Å². The van der Waals surface area contributed by atoms with Gasteiger partial charge in [-0.2, -0.15) is 5.26 Å². The predicted octanol–water partition coefficient (Wildman–Crippen LogP) is 3.76. The first-order chi connectivity index (χ1) is 12.0. The summed E-state index contributed by atoms with van der Waals surface area (Å²) in [5, 5.41) is 12.3. The quantitative estimate of drug-likeness (QED) is 0.844. The van der Waals surface area contributed by atoms with Gasteiger partial charge in [0.25, 0.3) is 0 Å². The van der Waals surface area contributed by atoms with E-state index < -0.39 is 17.5 Å². The van der Waals surface area contributed by atoms with Crippen LogP contribution in [0.3, 0.4) is 0 Å². The van der Waals surface area contributed by atoms with E-state index in [2.05, 4.69) is 16.4 Å². The third-order valence-electron chi connectivity index (χ3n) is 4.12. The summed E-state index contributed by atoms with van der Waals surface area (Å²) in [6.07, 6.45) is 2.83. The number of benzene rings is 1. The van der Waals surface area contributed by atoms with E-state index in [1.165, 1.54) is 6.07 Å². The van der Waals surface area contributed by atoms with Crippen LogP contribution in [0, 0.1) is 29.9 Å². The van der Waals surface area contributed by atoms with E-state index in [4.69, 9.17) is 0 Å². The summed E-state index contributed by atoms with van der Waals surface area (Å²) in [6, 6.07) is 5.12. The monoisotopic (exact) mass is 359 g/mol. The highest BCUT2D eigenvalue weighted by Crippen LogP contribution is 2.31. The van der Waals surface area contributed by atoms with Crippen LogP contribution >= 0.6 is 11.8 Å². The molecule has 128 valence electrons. The number of pyridine rings is 1. The Labute approximate surface area is 148 Å². The number of carbonyl (C=O) groups is 1. The zero-order chi connectivity index (χ0) is 18.0. The van der Waals surface area contributed by atoms with Gasteiger partial charge in [-0.05, 0) is 49.4 Å². The highest BCUT2D eigenvalue weighted by Gasteiger charge is 2.21. The number of halogens is 2. The van der Waals surface area contributed by atoms with Gasteiger partial charge in [-0.1, -0.05) is 11.8 Å². The molecule has 0 aliphatic heterocycles. The normalized spacial score (nSPS) is 12.6. The summed E-state index contributed by atoms with van der Waals surface area (Å²) in [6.45, 7) is 1.91. The Bertz CT molecular complexity index is 893. The first-order valence-electron chi connectivity index (χ1n) is 7.79. The van der Waals surface area contributed by atoms with Crippen LogP contribution in [0.4, 0.5) is 14.5 Å². The van der Waals surface area contributed by atoms with Crippen LogP contribution < -0.4 is 5.32 Å². The van der Waals surface area contributed by atoms with Gasteiger partial charge in [0, 0.05) is 11.8 Å². The SMILES string of the molecule is Cc1c(C#N)c(SCC(=O)Nc2ccc(F)cc2F)nc2c1CCC2. The maximum atomic E-state index is 13.6. The molecule has 0 fully saturated rings. The second kappa shape index (κ2) is 7.19. The number of nitriles is 1. The molecule has 1 aromatic carbocycles. The van der Waals surface area contributed by atoms with Gasteiger partial charge in [0.05, 0.1) is 17.0 Å². The molecule has 7 heteroatoms. The zero-order valence-electron chi connectivity index (χ0n) is 13.5. The number of nitrogens with zero attached hydrogens (tertiary/aromatic N) is 2. The van der Waals surface area contributed by atoms with E-state index in [0.717, 1.165) is 53.9 Å². The van der Waals surface area contributed by atoms with Gasteiger partial charge in [-0.15, -0.1) is 0 Å². The number of carbonyl (C=O) groups excluding carboxylic acids is 1. The maximum absolute atomic E-state index is 13.6. The third-order valence-corrected chi connectivity index (χ3v) is 5.10. The molecule has 0 spiro atoms. The molecule has 0 unspecified atom stereocenters. The molecule has 0 atom stereocenters. The van der Waals surface area contributed by atoms with Crippen LogP contribution in [0.5, 0.6) is 0 Å². The van der Waals surface area contributed by atoms with E-state index in [-0.39, 0.29) is 11.4 Å². The third kappa shape index (κ3) is 3.64. The van der Waals surface area contributed by atoms with Gasteiger partial charge in [0.15, 0.2) is 0 Å². The van der Waals surface area contributed by atoms with Crippen molar-refractivity contribution in [2.75, 3.05) is 11.1 Å². The lowest BCUT2D eigenvalue weighted by atomic mass is 10.0. The number of hydrogen-bond donors (Lipinski definition) is 1. The lowest BCUT2D eigenvalue weighted by Crippen LogP contribution is -2.15. The van der Waals surface area contributed by atoms with Gasteiger partial charge in [0.2, 0.25) is 5.91 Å². The Kier molecular flexibility index (Phi) is 5.00. The molecular weight excluding hydrogens is 344 g/mol. The second-order valence-corrected chi connectivity index (χ2v) is 6.73. The van der Waals surface area contributed by atoms with E-state index in [1.54, 1.807) is 0 Å². The van der Waals surface area contributed by atoms with E-state index in [0.29, 0.717) is 16.7 Å². The van der Waals surface area contributed by atoms with Crippen molar-refractivity contribution >= 4 is 23.4 Å². The van der Waals surface area contributed by atoms with Crippen LogP contribution in [0.25, 0.3) is 0 Å². The summed E-state index contributed by atoms with van der Waals surface area (Å²) in [5.41, 5.74) is 3.47. The number of hydrogen-bond acceptors (Lipinski definition) is 4. The highest BCUT2D eigenvalue weighted by atomic mass is 32.2. The summed E-state index contributed by atoms with van der Waals surface area (Å²) in [4.78, 5) is 16.6. The molecule has 1 aromatic heterocycles. The van der Waals surface area contributed by atoms with Crippen LogP contribution in [0.2, 0.25) is 0 Å². The Morgan fingerprint density at radius 1 is 1.40 bits per heavy atom. The minimum atomic E-state index is -0.831. The van der Waals surface area contributed by atoms with Crippen molar-refractivity contribution in [3.05, 3.63) is 52.2 Å². The maximum Gasteiger partial charge on any atom is 0.234 e. The predicted molar refractivity (Wildman–Crippen MR) is 91.4 cm³/mol. The van der Waals surface area contributed by atoms with Crippen LogP contribution in [0.15, 0.2) is 23.2 Å². The van der Waals surface area contributed by atoms with Gasteiger partial charge in [-0.3, -0.25) is 4.79 Å². The Morgan fingerprint density at radius 3 is 2.92 bits per heavy atom. The fourth-order valence-corrected chi connectivity index (χ4v) is 3.75. The molecule has 25 heavy (non-hydrogen) atoms. The average molecular weight is 359 g/mol. The molecule has 1 aliphatic carbocycles. The summed E-state index contributed by atoms with van der Waals surface area (Å²) in [7, 11) is 0. The summed E-state index contributed by atoms with van der Waals surface area (Å²) in [5.74, 6) is -2.00. The topological polar surface area (TPSA) is 65.8 Å². The first-order valence-corrected chi connectivity index (χ1v) is 8.78. The highest BCUT2D eigenvalue weighted by molar-refractivity contribution is 8.00. The van der Waals surface area contributed by atoms with Crippen molar-refractivity contribution in [1.29, 1.82) is 5.26 Å². The largest absolute Gasteiger partial charge is 0.323 e. The molecule has 0 saturated heterocycles. The van der Waals surface area contributed by atoms with Crippen molar-refractivity contribution in [3.63, 3.8) is 0 Å². The average Bonchev–Trinajstić information content (AvgIpc) is 3.04. The number of rotatable bonds is 4. The number of anilines is 1. The van der Waals surface area contributed by atoms with Crippen molar-refractivity contribution in [2.45, 2.75) is 31.2 Å². The van der Waals surface area contributed by atoms with Gasteiger partial charge in [-0.25, -0.2) is 13.8 Å². The smallest absolute Gasteiger partial charge is 0.234 e. The summed E-state index contributed by atoms with van der Waals surface area (Å²) < 4.78 is 26.5. The first kappa shape index (κ1) is 17.4. The van der Waals surface area contributed by atoms with Crippen molar-refractivity contribution in [1.82, 2.24) is 4.98 Å². The molecule has 0 saturated carbocycles. The number of amides is 1. The van der Waals surface area contributed by atoms with Crippen LogP contribution in [-0.4, -0.2) is 16.6 Å². The van der Waals surface area contributed by atoms with E-state index in [9.17, 15) is 18.8 Å². The second-order valence-electron chi connectivity index (χ2n) is 5.77. The minimum Gasteiger partial charge on any atom is -0.323 e. The number of nitrogens with one attached hydrogen (secondary N) is 1. The molecule has 1 N–H and O–H groups in total. The molecule has 2 aromatic rings. The zero-order valence-corrected chi connectivity index (χ0v) is 14.3. The fraction of sp³-hybridized carbons (Fsp3) is 0.278. The summed E-state index contributed by atoms with van der Waals surface area (Å²) >= 11 is 1.15. The Morgan fingerprint density at radius 2 is 2.20 bits per heavy atom. The number of aromatic nitrogens is 1. The molecule has 1 amide bonds. The van der Waals surface area contributed by atoms with Gasteiger partial charge < -0.3 is 5.32 Å². The Balaban J connectivity index is 1.72. The number of thioether (sulfide) groups is 1.